The van der Waals surface area contributed by atoms with E-state index in [1.165, 1.54) is 5.56 Å². The maximum absolute atomic E-state index is 12.4. The molecule has 140 valence electrons. The van der Waals surface area contributed by atoms with Gasteiger partial charge in [-0.1, -0.05) is 19.9 Å². The highest BCUT2D eigenvalue weighted by atomic mass is 35.5. The molecule has 1 fully saturated rings. The highest BCUT2D eigenvalue weighted by Gasteiger charge is 2.16. The molecular formula is C16H29Cl2N3O2S. The number of hydrogen-bond acceptors (Lipinski definition) is 4. The van der Waals surface area contributed by atoms with Gasteiger partial charge in [-0.05, 0) is 36.1 Å². The van der Waals surface area contributed by atoms with Gasteiger partial charge in [0, 0.05) is 39.3 Å². The smallest absolute Gasteiger partial charge is 0.240 e. The van der Waals surface area contributed by atoms with E-state index in [0.29, 0.717) is 11.4 Å². The number of aryl methyl sites for hydroxylation is 2. The molecule has 0 unspecified atom stereocenters. The third kappa shape index (κ3) is 6.50. The van der Waals surface area contributed by atoms with Crippen LogP contribution in [0.2, 0.25) is 0 Å². The van der Waals surface area contributed by atoms with Gasteiger partial charge in [-0.15, -0.1) is 24.8 Å². The number of nitrogens with zero attached hydrogens (tertiary/aromatic N) is 1. The molecule has 0 bridgehead atoms. The Morgan fingerprint density at radius 2 is 1.71 bits per heavy atom. The third-order valence-corrected chi connectivity index (χ3v) is 5.64. The van der Waals surface area contributed by atoms with E-state index < -0.39 is 10.0 Å². The number of nitrogens with one attached hydrogen (secondary N) is 2. The number of benzene rings is 1. The lowest BCUT2D eigenvalue weighted by Crippen LogP contribution is -2.46. The molecule has 1 saturated heterocycles. The molecule has 1 aliphatic rings. The van der Waals surface area contributed by atoms with Gasteiger partial charge >= 0.3 is 0 Å². The van der Waals surface area contributed by atoms with Crippen LogP contribution in [0.4, 0.5) is 0 Å². The normalized spacial score (nSPS) is 15.4. The topological polar surface area (TPSA) is 61.4 Å². The second-order valence-corrected chi connectivity index (χ2v) is 7.39. The maximum Gasteiger partial charge on any atom is 0.240 e. The van der Waals surface area contributed by atoms with Crippen LogP contribution in [0, 0.1) is 0 Å². The average Bonchev–Trinajstić information content (AvgIpc) is 2.55. The summed E-state index contributed by atoms with van der Waals surface area (Å²) in [5.74, 6) is 0. The quantitative estimate of drug-likeness (QED) is 0.736. The molecular weight excluding hydrogens is 369 g/mol. The van der Waals surface area contributed by atoms with Gasteiger partial charge in [0.2, 0.25) is 10.0 Å². The minimum atomic E-state index is -3.41. The fourth-order valence-corrected chi connectivity index (χ4v) is 3.87. The lowest BCUT2D eigenvalue weighted by molar-refractivity contribution is 0.245. The molecule has 0 aliphatic carbocycles. The van der Waals surface area contributed by atoms with Crippen LogP contribution in [0.3, 0.4) is 0 Å². The minimum absolute atomic E-state index is 0. The Hall–Kier alpha value is -0.370. The zero-order chi connectivity index (χ0) is 16.0. The van der Waals surface area contributed by atoms with Crippen molar-refractivity contribution in [3.8, 4) is 0 Å². The number of piperazine rings is 1. The Balaban J connectivity index is 0.00000264. The summed E-state index contributed by atoms with van der Waals surface area (Å²) in [5.41, 5.74) is 2.34. The van der Waals surface area contributed by atoms with Crippen LogP contribution in [0.25, 0.3) is 0 Å². The van der Waals surface area contributed by atoms with E-state index in [1.807, 2.05) is 12.1 Å². The Bertz CT molecular complexity index is 591. The van der Waals surface area contributed by atoms with Gasteiger partial charge in [-0.3, -0.25) is 4.90 Å². The van der Waals surface area contributed by atoms with E-state index in [-0.39, 0.29) is 24.8 Å². The first-order valence-electron chi connectivity index (χ1n) is 8.11. The van der Waals surface area contributed by atoms with Gasteiger partial charge in [-0.25, -0.2) is 13.1 Å². The van der Waals surface area contributed by atoms with Crippen molar-refractivity contribution in [3.05, 3.63) is 29.3 Å². The minimum Gasteiger partial charge on any atom is -0.314 e. The van der Waals surface area contributed by atoms with Crippen molar-refractivity contribution in [2.24, 2.45) is 0 Å². The lowest BCUT2D eigenvalue weighted by atomic mass is 10.0. The average molecular weight is 398 g/mol. The Morgan fingerprint density at radius 3 is 2.29 bits per heavy atom. The van der Waals surface area contributed by atoms with Crippen LogP contribution in [-0.2, 0) is 22.9 Å². The molecule has 0 saturated carbocycles. The zero-order valence-corrected chi connectivity index (χ0v) is 16.8. The maximum atomic E-state index is 12.4. The summed E-state index contributed by atoms with van der Waals surface area (Å²) in [4.78, 5) is 2.65. The summed E-state index contributed by atoms with van der Waals surface area (Å²) < 4.78 is 27.5. The molecule has 0 atom stereocenters. The van der Waals surface area contributed by atoms with Gasteiger partial charge in [0.05, 0.1) is 4.90 Å². The molecule has 1 aliphatic heterocycles. The fourth-order valence-electron chi connectivity index (χ4n) is 2.80. The predicted molar refractivity (Wildman–Crippen MR) is 104 cm³/mol. The summed E-state index contributed by atoms with van der Waals surface area (Å²) in [6.07, 6.45) is 1.78. The molecule has 0 amide bonds. The van der Waals surface area contributed by atoms with Crippen molar-refractivity contribution < 1.29 is 8.42 Å². The third-order valence-electron chi connectivity index (χ3n) is 4.18. The highest BCUT2D eigenvalue weighted by molar-refractivity contribution is 7.89. The largest absolute Gasteiger partial charge is 0.314 e. The molecule has 2 rings (SSSR count). The van der Waals surface area contributed by atoms with E-state index >= 15 is 0 Å². The van der Waals surface area contributed by atoms with Crippen molar-refractivity contribution in [3.63, 3.8) is 0 Å². The molecule has 1 heterocycles. The summed E-state index contributed by atoms with van der Waals surface area (Å²) in [7, 11) is -3.41. The van der Waals surface area contributed by atoms with Gasteiger partial charge in [0.15, 0.2) is 0 Å². The monoisotopic (exact) mass is 397 g/mol. The first kappa shape index (κ1) is 23.6. The first-order valence-corrected chi connectivity index (χ1v) is 9.59. The van der Waals surface area contributed by atoms with E-state index in [9.17, 15) is 8.42 Å². The molecule has 24 heavy (non-hydrogen) atoms. The standard InChI is InChI=1S/C16H27N3O2S.2ClH/c1-3-14-5-6-16(13-15(14)4-2)22(20,21)18-9-12-19-10-7-17-8-11-19;;/h5-6,13,17-18H,3-4,7-12H2,1-2H3;2*1H. The number of sulfonamides is 1. The van der Waals surface area contributed by atoms with Crippen molar-refractivity contribution in [1.82, 2.24) is 14.9 Å². The van der Waals surface area contributed by atoms with Gasteiger partial charge in [0.1, 0.15) is 0 Å². The second-order valence-electron chi connectivity index (χ2n) is 5.63. The lowest BCUT2D eigenvalue weighted by Gasteiger charge is -2.27. The molecule has 1 aromatic carbocycles. The molecule has 0 spiro atoms. The van der Waals surface area contributed by atoms with E-state index in [1.54, 1.807) is 6.07 Å². The summed E-state index contributed by atoms with van der Waals surface area (Å²) in [6, 6.07) is 5.46. The van der Waals surface area contributed by atoms with Crippen LogP contribution in [0.5, 0.6) is 0 Å². The summed E-state index contributed by atoms with van der Waals surface area (Å²) in [6.45, 7) is 9.28. The molecule has 0 radical (unpaired) electrons. The highest BCUT2D eigenvalue weighted by Crippen LogP contribution is 2.17. The Morgan fingerprint density at radius 1 is 1.08 bits per heavy atom. The van der Waals surface area contributed by atoms with Crippen molar-refractivity contribution in [2.75, 3.05) is 39.3 Å². The van der Waals surface area contributed by atoms with Crippen LogP contribution in [-0.4, -0.2) is 52.6 Å². The second kappa shape index (κ2) is 11.3. The summed E-state index contributed by atoms with van der Waals surface area (Å²) in [5, 5.41) is 3.29. The van der Waals surface area contributed by atoms with E-state index in [2.05, 4.69) is 28.8 Å². The Kier molecular flexibility index (Phi) is 11.1. The van der Waals surface area contributed by atoms with Gasteiger partial charge in [-0.2, -0.15) is 0 Å². The number of rotatable bonds is 7. The molecule has 1 aromatic rings. The summed E-state index contributed by atoms with van der Waals surface area (Å²) >= 11 is 0. The molecule has 5 nitrogen and oxygen atoms in total. The van der Waals surface area contributed by atoms with Crippen molar-refractivity contribution >= 4 is 34.8 Å². The zero-order valence-electron chi connectivity index (χ0n) is 14.4. The van der Waals surface area contributed by atoms with Crippen LogP contribution < -0.4 is 10.0 Å². The predicted octanol–water partition coefficient (Wildman–Crippen LogP) is 1.84. The molecule has 8 heteroatoms. The van der Waals surface area contributed by atoms with E-state index in [4.69, 9.17) is 0 Å². The SMILES string of the molecule is CCc1ccc(S(=O)(=O)NCCN2CCNCC2)cc1CC.Cl.Cl. The van der Waals surface area contributed by atoms with Crippen LogP contribution >= 0.6 is 24.8 Å². The van der Waals surface area contributed by atoms with E-state index in [0.717, 1.165) is 51.1 Å². The number of halogens is 2. The fraction of sp³-hybridized carbons (Fsp3) is 0.625. The first-order chi connectivity index (χ1) is 10.6. The molecule has 2 N–H and O–H groups in total. The van der Waals surface area contributed by atoms with Gasteiger partial charge < -0.3 is 5.32 Å². The van der Waals surface area contributed by atoms with Crippen molar-refractivity contribution in [1.29, 1.82) is 0 Å². The molecule has 0 aromatic heterocycles. The van der Waals surface area contributed by atoms with Crippen LogP contribution in [0.15, 0.2) is 23.1 Å². The van der Waals surface area contributed by atoms with Gasteiger partial charge in [0.25, 0.3) is 0 Å². The number of hydrogen-bond donors (Lipinski definition) is 2. The van der Waals surface area contributed by atoms with Crippen LogP contribution in [0.1, 0.15) is 25.0 Å². The van der Waals surface area contributed by atoms with Crippen molar-refractivity contribution in [2.45, 2.75) is 31.6 Å². The Labute approximate surface area is 158 Å².